The molecule has 1 unspecified atom stereocenters. The summed E-state index contributed by atoms with van der Waals surface area (Å²) in [5.41, 5.74) is 1.52. The minimum Gasteiger partial charge on any atom is -0.380 e. The molecular formula is C20H28N6O4. The smallest absolute Gasteiger partial charge is 0.276 e. The van der Waals surface area contributed by atoms with E-state index in [4.69, 9.17) is 9.26 Å². The Bertz CT molecular complexity index is 941. The molecule has 1 spiro atoms. The van der Waals surface area contributed by atoms with E-state index in [1.807, 2.05) is 9.58 Å². The van der Waals surface area contributed by atoms with Crippen LogP contribution in [0.2, 0.25) is 0 Å². The van der Waals surface area contributed by atoms with Crippen molar-refractivity contribution < 1.29 is 18.8 Å². The zero-order valence-electron chi connectivity index (χ0n) is 17.9. The molecule has 0 radical (unpaired) electrons. The number of piperidine rings is 1. The molecule has 10 heteroatoms. The molecule has 2 aromatic heterocycles. The molecule has 1 saturated heterocycles. The second-order valence-corrected chi connectivity index (χ2v) is 8.49. The van der Waals surface area contributed by atoms with E-state index < -0.39 is 0 Å². The highest BCUT2D eigenvalue weighted by Crippen LogP contribution is 2.56. The number of ether oxygens (including phenoxy) is 1. The van der Waals surface area contributed by atoms with Crippen molar-refractivity contribution in [2.75, 3.05) is 34.3 Å². The highest BCUT2D eigenvalue weighted by molar-refractivity contribution is 5.94. The van der Waals surface area contributed by atoms with Gasteiger partial charge in [0, 0.05) is 34.3 Å². The lowest BCUT2D eigenvalue weighted by molar-refractivity contribution is -0.0270. The van der Waals surface area contributed by atoms with E-state index in [1.165, 1.54) is 4.90 Å². The molecule has 162 valence electrons. The maximum Gasteiger partial charge on any atom is 0.276 e. The SMILES string of the molecule is COCc1c(C(=O)N2CCC3(CCC3n3cc(C(=O)N(C)C)nn3)CC2)noc1C. The Morgan fingerprint density at radius 1 is 1.30 bits per heavy atom. The molecule has 0 aromatic carbocycles. The van der Waals surface area contributed by atoms with Crippen LogP contribution in [0.15, 0.2) is 10.7 Å². The number of hydrogen-bond donors (Lipinski definition) is 0. The Kier molecular flexibility index (Phi) is 5.35. The van der Waals surface area contributed by atoms with Gasteiger partial charge in [-0.1, -0.05) is 10.4 Å². The monoisotopic (exact) mass is 416 g/mol. The lowest BCUT2D eigenvalue weighted by Crippen LogP contribution is -2.51. The molecule has 0 bridgehead atoms. The highest BCUT2D eigenvalue weighted by Gasteiger charge is 2.50. The van der Waals surface area contributed by atoms with Crippen molar-refractivity contribution in [3.05, 3.63) is 28.9 Å². The van der Waals surface area contributed by atoms with Crippen LogP contribution >= 0.6 is 0 Å². The summed E-state index contributed by atoms with van der Waals surface area (Å²) in [7, 11) is 4.99. The standard InChI is InChI=1S/C20H28N6O4/c1-13-14(12-29-4)17(22-30-13)19(28)25-9-7-20(8-10-25)6-5-16(20)26-11-15(21-23-26)18(27)24(2)3/h11,16H,5-10,12H2,1-4H3. The number of carbonyl (C=O) groups excluding carboxylic acids is 2. The van der Waals surface area contributed by atoms with Crippen molar-refractivity contribution in [1.82, 2.24) is 30.0 Å². The molecule has 30 heavy (non-hydrogen) atoms. The number of aromatic nitrogens is 4. The van der Waals surface area contributed by atoms with E-state index in [-0.39, 0.29) is 23.3 Å². The third-order valence-electron chi connectivity index (χ3n) is 6.60. The van der Waals surface area contributed by atoms with Crippen LogP contribution in [-0.2, 0) is 11.3 Å². The number of hydrogen-bond acceptors (Lipinski definition) is 7. The van der Waals surface area contributed by atoms with Crippen molar-refractivity contribution in [1.29, 1.82) is 0 Å². The molecule has 2 aromatic rings. The summed E-state index contributed by atoms with van der Waals surface area (Å²) < 4.78 is 12.3. The van der Waals surface area contributed by atoms with Crippen molar-refractivity contribution in [3.63, 3.8) is 0 Å². The second-order valence-electron chi connectivity index (χ2n) is 8.49. The molecule has 1 atom stereocenters. The van der Waals surface area contributed by atoms with Crippen LogP contribution in [0, 0.1) is 12.3 Å². The topological polar surface area (TPSA) is 107 Å². The van der Waals surface area contributed by atoms with E-state index in [9.17, 15) is 9.59 Å². The van der Waals surface area contributed by atoms with Gasteiger partial charge in [0.2, 0.25) is 0 Å². The average molecular weight is 416 g/mol. The fraction of sp³-hybridized carbons (Fsp3) is 0.650. The molecule has 2 aliphatic rings. The molecule has 2 amide bonds. The van der Waals surface area contributed by atoms with Crippen LogP contribution in [0.1, 0.15) is 64.0 Å². The normalized spacial score (nSPS) is 20.3. The molecule has 2 fully saturated rings. The summed E-state index contributed by atoms with van der Waals surface area (Å²) in [6.07, 6.45) is 5.62. The van der Waals surface area contributed by atoms with Crippen LogP contribution in [-0.4, -0.2) is 76.1 Å². The fourth-order valence-corrected chi connectivity index (χ4v) is 4.61. The van der Waals surface area contributed by atoms with E-state index in [1.54, 1.807) is 34.3 Å². The van der Waals surface area contributed by atoms with Crippen LogP contribution in [0.25, 0.3) is 0 Å². The van der Waals surface area contributed by atoms with E-state index >= 15 is 0 Å². The largest absolute Gasteiger partial charge is 0.380 e. The lowest BCUT2D eigenvalue weighted by Gasteiger charge is -2.53. The third kappa shape index (κ3) is 3.38. The number of likely N-dealkylation sites (tertiary alicyclic amines) is 1. The summed E-state index contributed by atoms with van der Waals surface area (Å²) in [6.45, 7) is 3.41. The first kappa shape index (κ1) is 20.5. The molecule has 10 nitrogen and oxygen atoms in total. The zero-order valence-corrected chi connectivity index (χ0v) is 17.9. The lowest BCUT2D eigenvalue weighted by atomic mass is 9.59. The molecular weight excluding hydrogens is 388 g/mol. The number of methoxy groups -OCH3 is 1. The summed E-state index contributed by atoms with van der Waals surface area (Å²) in [4.78, 5) is 28.5. The maximum absolute atomic E-state index is 13.0. The number of amides is 2. The Balaban J connectivity index is 1.43. The van der Waals surface area contributed by atoms with Crippen molar-refractivity contribution in [2.24, 2.45) is 5.41 Å². The summed E-state index contributed by atoms with van der Waals surface area (Å²) in [6, 6.07) is 0.212. The van der Waals surface area contributed by atoms with Crippen LogP contribution < -0.4 is 0 Å². The summed E-state index contributed by atoms with van der Waals surface area (Å²) in [5.74, 6) is 0.357. The fourth-order valence-electron chi connectivity index (χ4n) is 4.61. The van der Waals surface area contributed by atoms with Gasteiger partial charge >= 0.3 is 0 Å². The summed E-state index contributed by atoms with van der Waals surface area (Å²) >= 11 is 0. The number of nitrogens with zero attached hydrogens (tertiary/aromatic N) is 6. The maximum atomic E-state index is 13.0. The van der Waals surface area contributed by atoms with E-state index in [0.29, 0.717) is 42.4 Å². The second kappa shape index (κ2) is 7.82. The number of aryl methyl sites for hydroxylation is 1. The van der Waals surface area contributed by atoms with E-state index in [0.717, 1.165) is 25.7 Å². The molecule has 1 aliphatic heterocycles. The Morgan fingerprint density at radius 2 is 2.03 bits per heavy atom. The molecule has 3 heterocycles. The van der Waals surface area contributed by atoms with Gasteiger partial charge in [0.15, 0.2) is 11.4 Å². The Labute approximate surface area is 175 Å². The minimum atomic E-state index is -0.148. The number of carbonyl (C=O) groups is 2. The average Bonchev–Trinajstić information content (AvgIpc) is 3.34. The predicted octanol–water partition coefficient (Wildman–Crippen LogP) is 1.68. The first-order valence-corrected chi connectivity index (χ1v) is 10.2. The third-order valence-corrected chi connectivity index (χ3v) is 6.60. The Hall–Kier alpha value is -2.75. The minimum absolute atomic E-state index is 0.0953. The van der Waals surface area contributed by atoms with Gasteiger partial charge in [0.05, 0.1) is 24.4 Å². The van der Waals surface area contributed by atoms with Crippen LogP contribution in [0.4, 0.5) is 0 Å². The van der Waals surface area contributed by atoms with Crippen LogP contribution in [0.3, 0.4) is 0 Å². The van der Waals surface area contributed by atoms with Gasteiger partial charge in [0.25, 0.3) is 11.8 Å². The van der Waals surface area contributed by atoms with Crippen molar-refractivity contribution in [3.8, 4) is 0 Å². The first-order valence-electron chi connectivity index (χ1n) is 10.2. The van der Waals surface area contributed by atoms with Gasteiger partial charge in [-0.25, -0.2) is 4.68 Å². The van der Waals surface area contributed by atoms with Crippen molar-refractivity contribution in [2.45, 2.75) is 45.3 Å². The molecule has 1 saturated carbocycles. The van der Waals surface area contributed by atoms with Gasteiger partial charge < -0.3 is 19.1 Å². The van der Waals surface area contributed by atoms with Crippen LogP contribution in [0.5, 0.6) is 0 Å². The van der Waals surface area contributed by atoms with Gasteiger partial charge in [-0.05, 0) is 38.0 Å². The van der Waals surface area contributed by atoms with Gasteiger partial charge in [-0.15, -0.1) is 5.10 Å². The zero-order chi connectivity index (χ0) is 21.5. The quantitative estimate of drug-likeness (QED) is 0.730. The predicted molar refractivity (Wildman–Crippen MR) is 106 cm³/mol. The first-order chi connectivity index (χ1) is 14.4. The van der Waals surface area contributed by atoms with E-state index in [2.05, 4.69) is 15.5 Å². The van der Waals surface area contributed by atoms with Gasteiger partial charge in [-0.2, -0.15) is 0 Å². The number of rotatable bonds is 5. The molecule has 0 N–H and O–H groups in total. The Morgan fingerprint density at radius 3 is 2.63 bits per heavy atom. The van der Waals surface area contributed by atoms with Gasteiger partial charge in [0.1, 0.15) is 5.76 Å². The van der Waals surface area contributed by atoms with Crippen molar-refractivity contribution >= 4 is 11.8 Å². The van der Waals surface area contributed by atoms with Gasteiger partial charge in [-0.3, -0.25) is 9.59 Å². The molecule has 1 aliphatic carbocycles. The summed E-state index contributed by atoms with van der Waals surface area (Å²) in [5, 5.41) is 12.3. The highest BCUT2D eigenvalue weighted by atomic mass is 16.5. The molecule has 4 rings (SSSR count).